The predicted octanol–water partition coefficient (Wildman–Crippen LogP) is 1.05. The summed E-state index contributed by atoms with van der Waals surface area (Å²) in [6, 6.07) is 9.80. The van der Waals surface area contributed by atoms with E-state index in [2.05, 4.69) is 30.0 Å². The van der Waals surface area contributed by atoms with Crippen LogP contribution < -0.4 is 21.1 Å². The molecule has 0 saturated carbocycles. The van der Waals surface area contributed by atoms with Crippen LogP contribution in [0.2, 0.25) is 0 Å². The van der Waals surface area contributed by atoms with E-state index in [-0.39, 0.29) is 29.7 Å². The molecule has 4 atom stereocenters. The molecule has 1 aromatic rings. The van der Waals surface area contributed by atoms with Crippen molar-refractivity contribution in [3.05, 3.63) is 30.3 Å². The largest absolute Gasteiger partial charge is 0.354 e. The Kier molecular flexibility index (Phi) is 5.16. The summed E-state index contributed by atoms with van der Waals surface area (Å²) in [7, 11) is 0. The van der Waals surface area contributed by atoms with E-state index in [1.807, 2.05) is 35.2 Å². The maximum absolute atomic E-state index is 12.4. The molecule has 0 spiro atoms. The van der Waals surface area contributed by atoms with E-state index >= 15 is 0 Å². The van der Waals surface area contributed by atoms with Gasteiger partial charge < -0.3 is 10.2 Å². The Bertz CT molecular complexity index is 592. The first-order chi connectivity index (χ1) is 11.6. The van der Waals surface area contributed by atoms with Crippen LogP contribution in [-0.2, 0) is 9.59 Å². The number of carbonyl (C=O) groups excluding carboxylic acids is 2. The van der Waals surface area contributed by atoms with Crippen molar-refractivity contribution in [3.8, 4) is 0 Å². The molecule has 0 bridgehead atoms. The number of benzene rings is 1. The van der Waals surface area contributed by atoms with Gasteiger partial charge in [-0.15, -0.1) is 0 Å². The summed E-state index contributed by atoms with van der Waals surface area (Å²) in [5.41, 5.74) is 7.19. The summed E-state index contributed by atoms with van der Waals surface area (Å²) in [6.07, 6.45) is 1.47. The lowest BCUT2D eigenvalue weighted by Crippen LogP contribution is -2.46. The highest BCUT2D eigenvalue weighted by atomic mass is 16.2. The molecule has 2 saturated heterocycles. The number of para-hydroxylation sites is 1. The molecule has 24 heavy (non-hydrogen) atoms. The minimum absolute atomic E-state index is 0.0107. The number of carbonyl (C=O) groups is 2. The normalized spacial score (nSPS) is 29.9. The van der Waals surface area contributed by atoms with Gasteiger partial charge in [0, 0.05) is 37.2 Å². The topological polar surface area (TPSA) is 73.5 Å². The first kappa shape index (κ1) is 16.9. The minimum Gasteiger partial charge on any atom is -0.354 e. The van der Waals surface area contributed by atoms with Gasteiger partial charge in [-0.25, -0.2) is 5.43 Å². The number of amides is 2. The number of nitrogens with one attached hydrogen (secondary N) is 3. The molecule has 2 fully saturated rings. The van der Waals surface area contributed by atoms with E-state index < -0.39 is 0 Å². The third-order valence-electron chi connectivity index (χ3n) is 5.14. The molecule has 0 aromatic heterocycles. The van der Waals surface area contributed by atoms with Gasteiger partial charge in [-0.2, -0.15) is 0 Å². The molecule has 2 amide bonds. The lowest BCUT2D eigenvalue weighted by molar-refractivity contribution is -0.124. The van der Waals surface area contributed by atoms with Crippen molar-refractivity contribution < 1.29 is 9.59 Å². The van der Waals surface area contributed by atoms with Gasteiger partial charge in [0.15, 0.2) is 0 Å². The van der Waals surface area contributed by atoms with Crippen LogP contribution in [0.4, 0.5) is 5.69 Å². The van der Waals surface area contributed by atoms with Gasteiger partial charge in [-0.05, 0) is 24.5 Å². The molecule has 6 heteroatoms. The fourth-order valence-electron chi connectivity index (χ4n) is 3.60. The van der Waals surface area contributed by atoms with Gasteiger partial charge >= 0.3 is 0 Å². The second kappa shape index (κ2) is 7.32. The number of hydrogen-bond donors (Lipinski definition) is 3. The number of hydrogen-bond acceptors (Lipinski definition) is 4. The van der Waals surface area contributed by atoms with E-state index in [0.717, 1.165) is 12.1 Å². The number of rotatable bonds is 5. The third-order valence-corrected chi connectivity index (χ3v) is 5.14. The molecular formula is C18H26N4O2. The predicted molar refractivity (Wildman–Crippen MR) is 93.2 cm³/mol. The highest BCUT2D eigenvalue weighted by Crippen LogP contribution is 2.24. The molecule has 1 aromatic carbocycles. The highest BCUT2D eigenvalue weighted by Gasteiger charge is 2.37. The maximum atomic E-state index is 12.4. The summed E-state index contributed by atoms with van der Waals surface area (Å²) < 4.78 is 0. The Morgan fingerprint density at radius 2 is 2.04 bits per heavy atom. The smallest absolute Gasteiger partial charge is 0.238 e. The summed E-state index contributed by atoms with van der Waals surface area (Å²) >= 11 is 0. The van der Waals surface area contributed by atoms with Crippen molar-refractivity contribution in [2.45, 2.75) is 38.8 Å². The van der Waals surface area contributed by atoms with Crippen LogP contribution in [0, 0.1) is 11.8 Å². The van der Waals surface area contributed by atoms with E-state index in [0.29, 0.717) is 25.6 Å². The second-order valence-corrected chi connectivity index (χ2v) is 6.80. The maximum Gasteiger partial charge on any atom is 0.238 e. The fraction of sp³-hybridized carbons (Fsp3) is 0.556. The molecule has 0 radical (unpaired) electrons. The molecule has 0 aliphatic carbocycles. The zero-order valence-electron chi connectivity index (χ0n) is 14.3. The molecule has 3 N–H and O–H groups in total. The van der Waals surface area contributed by atoms with Crippen molar-refractivity contribution in [2.24, 2.45) is 11.8 Å². The van der Waals surface area contributed by atoms with E-state index in [9.17, 15) is 9.59 Å². The van der Waals surface area contributed by atoms with Crippen molar-refractivity contribution in [2.75, 3.05) is 18.0 Å². The average molecular weight is 330 g/mol. The minimum atomic E-state index is -0.211. The van der Waals surface area contributed by atoms with Crippen LogP contribution in [0.25, 0.3) is 0 Å². The van der Waals surface area contributed by atoms with Crippen molar-refractivity contribution in [1.29, 1.82) is 0 Å². The first-order valence-electron chi connectivity index (χ1n) is 8.74. The van der Waals surface area contributed by atoms with Crippen LogP contribution in [0.15, 0.2) is 30.3 Å². The van der Waals surface area contributed by atoms with Gasteiger partial charge in [-0.3, -0.25) is 15.0 Å². The Morgan fingerprint density at radius 1 is 1.29 bits per heavy atom. The second-order valence-electron chi connectivity index (χ2n) is 6.80. The standard InChI is InChI=1S/C18H26N4O2/c1-3-15-12(2)17(21-20-15)18(24)19-10-13-9-16(23)22(11-13)14-7-5-4-6-8-14/h4-8,12-13,15,17,20-21H,3,9-11H2,1-2H3,(H,19,24). The molecule has 3 rings (SSSR count). The van der Waals surface area contributed by atoms with E-state index in [4.69, 9.17) is 0 Å². The fourth-order valence-corrected chi connectivity index (χ4v) is 3.60. The van der Waals surface area contributed by atoms with Gasteiger partial charge in [-0.1, -0.05) is 32.0 Å². The van der Waals surface area contributed by atoms with Gasteiger partial charge in [0.25, 0.3) is 0 Å². The van der Waals surface area contributed by atoms with Gasteiger partial charge in [0.2, 0.25) is 11.8 Å². The van der Waals surface area contributed by atoms with Gasteiger partial charge in [0.1, 0.15) is 6.04 Å². The van der Waals surface area contributed by atoms with Gasteiger partial charge in [0.05, 0.1) is 0 Å². The summed E-state index contributed by atoms with van der Waals surface area (Å²) in [6.45, 7) is 5.39. The van der Waals surface area contributed by atoms with Crippen molar-refractivity contribution >= 4 is 17.5 Å². The zero-order valence-corrected chi connectivity index (χ0v) is 14.3. The summed E-state index contributed by atoms with van der Waals surface area (Å²) in [5, 5.41) is 3.01. The quantitative estimate of drug-likeness (QED) is 0.754. The highest BCUT2D eigenvalue weighted by molar-refractivity contribution is 5.95. The van der Waals surface area contributed by atoms with Crippen molar-refractivity contribution in [1.82, 2.24) is 16.2 Å². The Morgan fingerprint density at radius 3 is 2.71 bits per heavy atom. The SMILES string of the molecule is CCC1NNC(C(=O)NCC2CC(=O)N(c3ccccc3)C2)C1C. The van der Waals surface area contributed by atoms with Crippen LogP contribution >= 0.6 is 0 Å². The number of nitrogens with zero attached hydrogens (tertiary/aromatic N) is 1. The summed E-state index contributed by atoms with van der Waals surface area (Å²) in [4.78, 5) is 26.4. The lowest BCUT2D eigenvalue weighted by atomic mass is 9.94. The molecular weight excluding hydrogens is 304 g/mol. The first-order valence-corrected chi connectivity index (χ1v) is 8.74. The Hall–Kier alpha value is -1.92. The Labute approximate surface area is 143 Å². The van der Waals surface area contributed by atoms with Crippen molar-refractivity contribution in [3.63, 3.8) is 0 Å². The van der Waals surface area contributed by atoms with E-state index in [1.165, 1.54) is 0 Å². The number of anilines is 1. The number of hydrazine groups is 1. The zero-order chi connectivity index (χ0) is 17.1. The monoisotopic (exact) mass is 330 g/mol. The third kappa shape index (κ3) is 3.44. The van der Waals surface area contributed by atoms with E-state index in [1.54, 1.807) is 0 Å². The molecule has 2 aliphatic heterocycles. The molecule has 130 valence electrons. The van der Waals surface area contributed by atoms with Crippen LogP contribution in [0.1, 0.15) is 26.7 Å². The summed E-state index contributed by atoms with van der Waals surface area (Å²) in [5.74, 6) is 0.548. The molecule has 2 aliphatic rings. The van der Waals surface area contributed by atoms with Crippen LogP contribution in [0.5, 0.6) is 0 Å². The molecule has 4 unspecified atom stereocenters. The molecule has 2 heterocycles. The van der Waals surface area contributed by atoms with Crippen LogP contribution in [0.3, 0.4) is 0 Å². The molecule has 6 nitrogen and oxygen atoms in total. The van der Waals surface area contributed by atoms with Crippen LogP contribution in [-0.4, -0.2) is 37.0 Å². The Balaban J connectivity index is 1.51. The average Bonchev–Trinajstić information content (AvgIpc) is 3.16. The lowest BCUT2D eigenvalue weighted by Gasteiger charge is -2.19.